The van der Waals surface area contributed by atoms with Crippen molar-refractivity contribution in [3.8, 4) is 11.5 Å². The number of aldehydes is 1. The quantitative estimate of drug-likeness (QED) is 0.402. The van der Waals surface area contributed by atoms with Crippen LogP contribution in [0.3, 0.4) is 0 Å². The van der Waals surface area contributed by atoms with E-state index in [-0.39, 0.29) is 35.2 Å². The standard InChI is InChI=1S/C24H21F3O3/c1-17(19-8-4-2-5-9-19)16-29-21-13-12-18(15-28)14-22(21)30-23(24(25,26)27)20-10-6-3-7-11-20/h2-15,17,23H,16H2,1H3. The lowest BCUT2D eigenvalue weighted by Crippen LogP contribution is -2.26. The van der Waals surface area contributed by atoms with Crippen molar-refractivity contribution in [2.45, 2.75) is 25.1 Å². The molecule has 156 valence electrons. The maximum Gasteiger partial charge on any atom is 0.429 e. The summed E-state index contributed by atoms with van der Waals surface area (Å²) in [4.78, 5) is 11.2. The molecule has 0 saturated carbocycles. The van der Waals surface area contributed by atoms with E-state index >= 15 is 0 Å². The van der Waals surface area contributed by atoms with Crippen LogP contribution in [-0.2, 0) is 0 Å². The van der Waals surface area contributed by atoms with E-state index < -0.39 is 12.3 Å². The van der Waals surface area contributed by atoms with Gasteiger partial charge in [-0.2, -0.15) is 13.2 Å². The Morgan fingerprint density at radius 2 is 1.47 bits per heavy atom. The maximum absolute atomic E-state index is 13.7. The Bertz CT molecular complexity index is 956. The van der Waals surface area contributed by atoms with Gasteiger partial charge in [-0.3, -0.25) is 4.79 Å². The van der Waals surface area contributed by atoms with Crippen LogP contribution in [0.4, 0.5) is 13.2 Å². The van der Waals surface area contributed by atoms with Crippen LogP contribution >= 0.6 is 0 Å². The highest BCUT2D eigenvalue weighted by Gasteiger charge is 2.43. The van der Waals surface area contributed by atoms with Crippen LogP contribution in [0, 0.1) is 0 Å². The van der Waals surface area contributed by atoms with E-state index in [1.54, 1.807) is 6.07 Å². The van der Waals surface area contributed by atoms with Gasteiger partial charge in [0.1, 0.15) is 6.29 Å². The Morgan fingerprint density at radius 1 is 0.867 bits per heavy atom. The second-order valence-corrected chi connectivity index (χ2v) is 6.90. The van der Waals surface area contributed by atoms with Crippen LogP contribution in [0.2, 0.25) is 0 Å². The summed E-state index contributed by atoms with van der Waals surface area (Å²) < 4.78 is 52.3. The number of carbonyl (C=O) groups is 1. The molecule has 0 spiro atoms. The fourth-order valence-electron chi connectivity index (χ4n) is 2.98. The number of carbonyl (C=O) groups excluding carboxylic acids is 1. The lowest BCUT2D eigenvalue weighted by atomic mass is 10.0. The third kappa shape index (κ3) is 5.41. The van der Waals surface area contributed by atoms with Gasteiger partial charge in [-0.15, -0.1) is 0 Å². The largest absolute Gasteiger partial charge is 0.489 e. The number of hydrogen-bond donors (Lipinski definition) is 0. The minimum absolute atomic E-state index is 0.0114. The molecule has 0 heterocycles. The summed E-state index contributed by atoms with van der Waals surface area (Å²) in [6, 6.07) is 21.2. The van der Waals surface area contributed by atoms with E-state index in [4.69, 9.17) is 9.47 Å². The number of halogens is 3. The molecule has 0 aliphatic rings. The van der Waals surface area contributed by atoms with Gasteiger partial charge in [0.15, 0.2) is 11.5 Å². The van der Waals surface area contributed by atoms with Crippen LogP contribution in [-0.4, -0.2) is 19.1 Å². The molecule has 30 heavy (non-hydrogen) atoms. The Balaban J connectivity index is 1.86. The number of ether oxygens (including phenoxy) is 2. The number of alkyl halides is 3. The van der Waals surface area contributed by atoms with E-state index in [9.17, 15) is 18.0 Å². The van der Waals surface area contributed by atoms with Gasteiger partial charge < -0.3 is 9.47 Å². The van der Waals surface area contributed by atoms with E-state index in [0.717, 1.165) is 5.56 Å². The summed E-state index contributed by atoms with van der Waals surface area (Å²) in [7, 11) is 0. The van der Waals surface area contributed by atoms with E-state index in [1.807, 2.05) is 37.3 Å². The van der Waals surface area contributed by atoms with E-state index in [2.05, 4.69) is 0 Å². The molecule has 0 aliphatic heterocycles. The smallest absolute Gasteiger partial charge is 0.429 e. The third-order valence-corrected chi connectivity index (χ3v) is 4.61. The van der Waals surface area contributed by atoms with Gasteiger partial charge in [0.2, 0.25) is 6.10 Å². The van der Waals surface area contributed by atoms with Crippen molar-refractivity contribution in [2.75, 3.05) is 6.61 Å². The first-order chi connectivity index (χ1) is 14.4. The zero-order chi connectivity index (χ0) is 21.6. The summed E-state index contributed by atoms with van der Waals surface area (Å²) in [5.74, 6) is 0.0249. The van der Waals surface area contributed by atoms with E-state index in [0.29, 0.717) is 6.29 Å². The number of hydrogen-bond acceptors (Lipinski definition) is 3. The molecular weight excluding hydrogens is 393 g/mol. The highest BCUT2D eigenvalue weighted by molar-refractivity contribution is 5.76. The second kappa shape index (κ2) is 9.48. The fourth-order valence-corrected chi connectivity index (χ4v) is 2.98. The molecule has 0 fully saturated rings. The van der Waals surface area contributed by atoms with Crippen LogP contribution < -0.4 is 9.47 Å². The molecular formula is C24H21F3O3. The lowest BCUT2D eigenvalue weighted by molar-refractivity contribution is -0.198. The molecule has 0 N–H and O–H groups in total. The summed E-state index contributed by atoms with van der Waals surface area (Å²) in [6.07, 6.45) is -6.28. The van der Waals surface area contributed by atoms with E-state index in [1.165, 1.54) is 42.5 Å². The summed E-state index contributed by atoms with van der Waals surface area (Å²) >= 11 is 0. The molecule has 3 aromatic carbocycles. The molecule has 3 rings (SSSR count). The van der Waals surface area contributed by atoms with Gasteiger partial charge >= 0.3 is 6.18 Å². The van der Waals surface area contributed by atoms with Crippen LogP contribution in [0.1, 0.15) is 40.4 Å². The molecule has 0 aliphatic carbocycles. The predicted molar refractivity (Wildman–Crippen MR) is 108 cm³/mol. The Labute approximate surface area is 173 Å². The molecule has 0 amide bonds. The van der Waals surface area contributed by atoms with Crippen molar-refractivity contribution in [1.29, 1.82) is 0 Å². The van der Waals surface area contributed by atoms with Crippen molar-refractivity contribution in [1.82, 2.24) is 0 Å². The van der Waals surface area contributed by atoms with Gasteiger partial charge in [0, 0.05) is 17.0 Å². The number of benzene rings is 3. The van der Waals surface area contributed by atoms with Crippen molar-refractivity contribution >= 4 is 6.29 Å². The molecule has 0 radical (unpaired) electrons. The first-order valence-corrected chi connectivity index (χ1v) is 9.43. The second-order valence-electron chi connectivity index (χ2n) is 6.90. The first-order valence-electron chi connectivity index (χ1n) is 9.43. The minimum atomic E-state index is -4.65. The van der Waals surface area contributed by atoms with Crippen molar-refractivity contribution in [2.24, 2.45) is 0 Å². The minimum Gasteiger partial charge on any atom is -0.489 e. The normalized spacial score (nSPS) is 13.3. The summed E-state index contributed by atoms with van der Waals surface area (Å²) in [5, 5.41) is 0. The highest BCUT2D eigenvalue weighted by Crippen LogP contribution is 2.40. The summed E-state index contributed by atoms with van der Waals surface area (Å²) in [5.41, 5.74) is 1.20. The molecule has 2 atom stereocenters. The zero-order valence-corrected chi connectivity index (χ0v) is 16.3. The fraction of sp³-hybridized carbons (Fsp3) is 0.208. The van der Waals surface area contributed by atoms with Crippen molar-refractivity contribution < 1.29 is 27.4 Å². The van der Waals surface area contributed by atoms with Gasteiger partial charge in [-0.25, -0.2) is 0 Å². The number of rotatable bonds is 8. The van der Waals surface area contributed by atoms with Gasteiger partial charge in [0.25, 0.3) is 0 Å². The molecule has 2 unspecified atom stereocenters. The van der Waals surface area contributed by atoms with Crippen molar-refractivity contribution in [3.05, 3.63) is 95.6 Å². The molecule has 3 aromatic rings. The SMILES string of the molecule is CC(COc1ccc(C=O)cc1OC(c1ccccc1)C(F)(F)F)c1ccccc1. The Hall–Kier alpha value is -3.28. The molecule has 6 heteroatoms. The first kappa shape index (κ1) is 21.4. The third-order valence-electron chi connectivity index (χ3n) is 4.61. The molecule has 3 nitrogen and oxygen atoms in total. The predicted octanol–water partition coefficient (Wildman–Crippen LogP) is 6.36. The van der Waals surface area contributed by atoms with Crippen molar-refractivity contribution in [3.63, 3.8) is 0 Å². The monoisotopic (exact) mass is 414 g/mol. The zero-order valence-electron chi connectivity index (χ0n) is 16.3. The Morgan fingerprint density at radius 3 is 2.03 bits per heavy atom. The van der Waals surface area contributed by atoms with Gasteiger partial charge in [-0.1, -0.05) is 67.6 Å². The van der Waals surface area contributed by atoms with Crippen LogP contribution in [0.15, 0.2) is 78.9 Å². The van der Waals surface area contributed by atoms with Crippen LogP contribution in [0.5, 0.6) is 11.5 Å². The van der Waals surface area contributed by atoms with Gasteiger partial charge in [0.05, 0.1) is 6.61 Å². The average Bonchev–Trinajstić information content (AvgIpc) is 2.76. The topological polar surface area (TPSA) is 35.5 Å². The van der Waals surface area contributed by atoms with Gasteiger partial charge in [-0.05, 0) is 23.8 Å². The Kier molecular flexibility index (Phi) is 6.77. The maximum atomic E-state index is 13.7. The molecule has 0 bridgehead atoms. The average molecular weight is 414 g/mol. The molecule has 0 aromatic heterocycles. The summed E-state index contributed by atoms with van der Waals surface area (Å²) in [6.45, 7) is 2.20. The highest BCUT2D eigenvalue weighted by atomic mass is 19.4. The molecule has 0 saturated heterocycles. The van der Waals surface area contributed by atoms with Crippen LogP contribution in [0.25, 0.3) is 0 Å². The lowest BCUT2D eigenvalue weighted by Gasteiger charge is -2.24.